The fourth-order valence-corrected chi connectivity index (χ4v) is 11.8. The third-order valence-electron chi connectivity index (χ3n) is 16.0. The molecular weight excluding hydrogens is 1190 g/mol. The van der Waals surface area contributed by atoms with Gasteiger partial charge in [-0.1, -0.05) is 55.7 Å². The van der Waals surface area contributed by atoms with Crippen molar-refractivity contribution in [3.05, 3.63) is 77.9 Å². The molecule has 3 fully saturated rings. The molecule has 28 nitrogen and oxygen atoms in total. The number of methoxy groups -OCH3 is 1. The van der Waals surface area contributed by atoms with Crippen molar-refractivity contribution >= 4 is 52.7 Å². The Kier molecular flexibility index (Phi) is 26.1. The number of unbranched alkanes of at least 4 members (excludes halogenated alkanes) is 4. The molecule has 0 radical (unpaired) electrons. The number of phenolic OH excluding ortho intramolecular Hbond substituents is 1. The number of β-amino-alcohol motifs (C(OH)–C–C–N with tert-alkyl or cyclic N) is 1. The molecule has 7 rings (SSSR count). The zero-order valence-corrected chi connectivity index (χ0v) is 51.7. The van der Waals surface area contributed by atoms with Crippen LogP contribution < -0.4 is 47.1 Å². The van der Waals surface area contributed by atoms with Gasteiger partial charge in [-0.3, -0.25) is 33.6 Å². The lowest BCUT2D eigenvalue weighted by atomic mass is 9.98. The number of hydrogen-bond acceptors (Lipinski definition) is 22. The summed E-state index contributed by atoms with van der Waals surface area (Å²) in [5.74, 6) is -7.81. The monoisotopic (exact) mass is 1280 g/mol. The van der Waals surface area contributed by atoms with Crippen molar-refractivity contribution in [3.63, 3.8) is 0 Å². The van der Waals surface area contributed by atoms with Gasteiger partial charge in [0.1, 0.15) is 58.6 Å². The Morgan fingerprint density at radius 2 is 1.37 bits per heavy atom. The normalized spacial score (nSPS) is 25.0. The van der Waals surface area contributed by atoms with E-state index in [2.05, 4.69) is 42.1 Å². The van der Waals surface area contributed by atoms with Crippen LogP contribution in [0, 0.1) is 5.92 Å². The van der Waals surface area contributed by atoms with Crippen molar-refractivity contribution < 1.29 is 83.5 Å². The zero-order chi connectivity index (χ0) is 65.2. The molecule has 0 aliphatic carbocycles. The largest absolute Gasteiger partial charge is 0.504 e. The van der Waals surface area contributed by atoms with Gasteiger partial charge in [-0.25, -0.2) is 0 Å². The van der Waals surface area contributed by atoms with E-state index in [1.165, 1.54) is 48.6 Å². The average molecular weight is 1280 g/mol. The molecule has 15 N–H and O–H groups in total. The number of aliphatic hydroxyl groups is 6. The number of likely N-dealkylation sites (N-methyl/N-ethyl adjacent to an activating group) is 1. The van der Waals surface area contributed by atoms with Gasteiger partial charge in [0.15, 0.2) is 11.5 Å². The van der Waals surface area contributed by atoms with Gasteiger partial charge >= 0.3 is 0 Å². The summed E-state index contributed by atoms with van der Waals surface area (Å²) in [4.78, 5) is 103. The maximum absolute atomic E-state index is 14.7. The molecule has 0 bridgehead atoms. The predicted octanol–water partition coefficient (Wildman–Crippen LogP) is -1.55. The lowest BCUT2D eigenvalue weighted by molar-refractivity contribution is -0.147. The van der Waals surface area contributed by atoms with Crippen molar-refractivity contribution in [2.24, 2.45) is 11.7 Å². The molecular formula is C61H85N11O17S. The van der Waals surface area contributed by atoms with Crippen LogP contribution in [0.2, 0.25) is 0 Å². The van der Waals surface area contributed by atoms with E-state index in [-0.39, 0.29) is 48.7 Å². The van der Waals surface area contributed by atoms with Gasteiger partial charge in [-0.05, 0) is 93.9 Å². The summed E-state index contributed by atoms with van der Waals surface area (Å²) in [6, 6.07) is 6.82. The summed E-state index contributed by atoms with van der Waals surface area (Å²) in [5, 5.41) is 104. The molecule has 4 heterocycles. The second kappa shape index (κ2) is 33.6. The van der Waals surface area contributed by atoms with Crippen LogP contribution in [0.3, 0.4) is 0 Å². The topological polar surface area (TPSA) is 419 Å². The maximum atomic E-state index is 14.7. The highest BCUT2D eigenvalue weighted by Gasteiger charge is 2.50. The quantitative estimate of drug-likeness (QED) is 0.0353. The van der Waals surface area contributed by atoms with Gasteiger partial charge in [-0.15, -0.1) is 10.2 Å². The van der Waals surface area contributed by atoms with Crippen LogP contribution in [0.4, 0.5) is 0 Å². The first-order valence-corrected chi connectivity index (χ1v) is 31.1. The van der Waals surface area contributed by atoms with Gasteiger partial charge in [0.2, 0.25) is 35.4 Å². The van der Waals surface area contributed by atoms with E-state index < -0.39 is 152 Å². The molecule has 3 aliphatic heterocycles. The molecule has 1 unspecified atom stereocenters. The zero-order valence-electron chi connectivity index (χ0n) is 50.9. The highest BCUT2D eigenvalue weighted by atomic mass is 32.1. The van der Waals surface area contributed by atoms with Gasteiger partial charge in [0.25, 0.3) is 5.91 Å². The number of rotatable bonds is 24. The molecule has 1 aromatic heterocycles. The molecule has 13 atom stereocenters. The van der Waals surface area contributed by atoms with Gasteiger partial charge < -0.3 is 97.4 Å². The number of ether oxygens (including phenoxy) is 3. The van der Waals surface area contributed by atoms with Crippen LogP contribution >= 0.6 is 11.3 Å². The second-order valence-corrected chi connectivity index (χ2v) is 23.9. The van der Waals surface area contributed by atoms with Crippen LogP contribution in [0.15, 0.2) is 66.7 Å². The number of nitrogens with one attached hydrogen (secondary N) is 6. The first-order valence-electron chi connectivity index (χ1n) is 30.3. The average Bonchev–Trinajstić information content (AvgIpc) is 2.64. The lowest BCUT2D eigenvalue weighted by Gasteiger charge is -2.34. The van der Waals surface area contributed by atoms with E-state index in [9.17, 15) is 69.3 Å². The number of nitrogens with two attached hydrogens (primary N) is 1. The predicted molar refractivity (Wildman–Crippen MR) is 327 cm³/mol. The molecule has 90 heavy (non-hydrogen) atoms. The molecule has 3 aromatic carbocycles. The standard InChI is InChI=1S/C61H85N11O17S/c1-33-31-72-51(52(33)79)57(84)64-30-39(74)28-42(65-53(80)36-11-13-37(14-12-36)58-69-70-59(90-58)38-15-17-41(18-16-38)88-24-9-7-5-6-8-23-87-4)54(81)66-48(34(2)73)60(85)71-32-40(75)29-43(71)55(82)67-49(56(83)68-50(61(72)86)45(77)20-21-62)46(78)26-35-10-19-44(76)47(27-35)89-25-22-63-3/h10-19,27,33-34,39-40,42-43,45-46,48-52,63,73-79H,5-9,20-26,28-32,62H2,1-4H3,(H,64,84)(H,65,80)(H,66,81)(H,67,82)(H,68,83)/t33-,34+,39+,40+,42?,43-,45+,46+,48-,49-,50-,51-,52-/m0/s1. The summed E-state index contributed by atoms with van der Waals surface area (Å²) in [7, 11) is 3.39. The molecule has 3 aliphatic rings. The van der Waals surface area contributed by atoms with Crippen LogP contribution in [-0.2, 0) is 39.9 Å². The highest BCUT2D eigenvalue weighted by molar-refractivity contribution is 7.17. The van der Waals surface area contributed by atoms with E-state index in [4.69, 9.17) is 19.9 Å². The van der Waals surface area contributed by atoms with Crippen LogP contribution in [-0.4, -0.2) is 237 Å². The van der Waals surface area contributed by atoms with Gasteiger partial charge in [0.05, 0.1) is 43.2 Å². The summed E-state index contributed by atoms with van der Waals surface area (Å²) in [6.45, 7) is 2.90. The highest BCUT2D eigenvalue weighted by Crippen LogP contribution is 2.33. The number of aromatic nitrogens is 2. The Bertz CT molecular complexity index is 3050. The minimum absolute atomic E-state index is 0.0186. The number of benzene rings is 3. The molecule has 3 saturated heterocycles. The third-order valence-corrected chi connectivity index (χ3v) is 17.0. The van der Waals surface area contributed by atoms with E-state index in [0.29, 0.717) is 28.7 Å². The lowest BCUT2D eigenvalue weighted by Crippen LogP contribution is -2.64. The fourth-order valence-electron chi connectivity index (χ4n) is 10.9. The molecule has 7 amide bonds. The number of carbonyl (C=O) groups is 7. The molecule has 0 saturated carbocycles. The minimum atomic E-state index is -2.03. The number of fused-ring (bicyclic) bond motifs is 2. The first-order chi connectivity index (χ1) is 43.1. The summed E-state index contributed by atoms with van der Waals surface area (Å²) in [6.07, 6.45) is -6.54. The molecule has 0 spiro atoms. The number of phenols is 1. The van der Waals surface area contributed by atoms with Crippen LogP contribution in [0.25, 0.3) is 21.1 Å². The Hall–Kier alpha value is -7.45. The van der Waals surface area contributed by atoms with E-state index in [1.807, 2.05) is 24.3 Å². The third kappa shape index (κ3) is 18.6. The van der Waals surface area contributed by atoms with Crippen molar-refractivity contribution in [1.82, 2.24) is 51.9 Å². The SMILES string of the molecule is CNCCOc1cc(C[C@@H](O)[C@@H]2NC(=O)[C@@H]3C[C@@H](O)CN3C(=O)[C@H]([C@@H](C)O)NC(=O)C(NC(=O)c3ccc(-c4nnc(-c5ccc(OCCCCCCCOC)cc5)s4)cc3)C[C@@H](O)CNC(=O)[C@@H]3[C@@H](O)[C@@H](C)CN3C(=O)[C@H]([C@H](O)CCN)NC2=O)ccc1O. The number of nitrogens with zero attached hydrogens (tertiary/aromatic N) is 4. The van der Waals surface area contributed by atoms with E-state index >= 15 is 0 Å². The van der Waals surface area contributed by atoms with E-state index in [0.717, 1.165) is 66.7 Å². The Morgan fingerprint density at radius 1 is 0.733 bits per heavy atom. The van der Waals surface area contributed by atoms with Crippen molar-refractivity contribution in [2.45, 2.75) is 145 Å². The van der Waals surface area contributed by atoms with Crippen molar-refractivity contribution in [3.8, 4) is 38.4 Å². The number of aliphatic hydroxyl groups excluding tert-OH is 6. The van der Waals surface area contributed by atoms with Crippen LogP contribution in [0.1, 0.15) is 81.1 Å². The summed E-state index contributed by atoms with van der Waals surface area (Å²) in [5.41, 5.74) is 7.54. The summed E-state index contributed by atoms with van der Waals surface area (Å²) >= 11 is 1.31. The Morgan fingerprint density at radius 3 is 2.02 bits per heavy atom. The molecule has 29 heteroatoms. The number of hydrogen-bond donors (Lipinski definition) is 14. The Balaban J connectivity index is 1.14. The van der Waals surface area contributed by atoms with Crippen molar-refractivity contribution in [1.29, 1.82) is 0 Å². The molecule has 4 aromatic rings. The first kappa shape index (κ1) is 70.0. The van der Waals surface area contributed by atoms with Crippen LogP contribution in [0.5, 0.6) is 17.2 Å². The van der Waals surface area contributed by atoms with E-state index in [1.54, 1.807) is 26.3 Å². The fraction of sp³-hybridized carbons (Fsp3) is 0.557. The minimum Gasteiger partial charge on any atom is -0.504 e. The number of aromatic hydroxyl groups is 1. The summed E-state index contributed by atoms with van der Waals surface area (Å²) < 4.78 is 16.7. The smallest absolute Gasteiger partial charge is 0.251 e. The molecule has 492 valence electrons. The van der Waals surface area contributed by atoms with Gasteiger partial charge in [0, 0.05) is 81.8 Å². The second-order valence-electron chi connectivity index (χ2n) is 23.0. The number of amides is 7. The van der Waals surface area contributed by atoms with Crippen molar-refractivity contribution in [2.75, 3.05) is 66.7 Å². The number of carbonyl (C=O) groups excluding carboxylic acids is 7. The maximum Gasteiger partial charge on any atom is 0.251 e. The Labute approximate surface area is 525 Å². The van der Waals surface area contributed by atoms with Gasteiger partial charge in [-0.2, -0.15) is 0 Å².